The topological polar surface area (TPSA) is 308 Å². The molecule has 6 atom stereocenters. The summed E-state index contributed by atoms with van der Waals surface area (Å²) in [5, 5.41) is 0.574. The van der Waals surface area contributed by atoms with E-state index in [4.69, 9.17) is 56.8 Å². The van der Waals surface area contributed by atoms with Crippen LogP contribution in [0.1, 0.15) is 149 Å². The smallest absolute Gasteiger partial charge is 0.337 e. The third-order valence-electron chi connectivity index (χ3n) is 20.7. The molecule has 0 aliphatic carbocycles. The summed E-state index contributed by atoms with van der Waals surface area (Å²) in [6.45, 7) is 10.7. The summed E-state index contributed by atoms with van der Waals surface area (Å²) >= 11 is 0. The summed E-state index contributed by atoms with van der Waals surface area (Å²) in [6, 6.07) is 26.9. The van der Waals surface area contributed by atoms with Crippen molar-refractivity contribution < 1.29 is 105 Å². The van der Waals surface area contributed by atoms with E-state index >= 15 is 28.8 Å². The largest absolute Gasteiger partial charge is 0.465 e. The number of fused-ring (bicyclic) bond motifs is 2. The van der Waals surface area contributed by atoms with Crippen molar-refractivity contribution >= 4 is 102 Å². The monoisotopic (exact) mass is 1500 g/mol. The third kappa shape index (κ3) is 14.7. The number of esters is 4. The van der Waals surface area contributed by atoms with Gasteiger partial charge in [0.25, 0.3) is 23.6 Å². The molecular weight excluding hydrogens is 1420 g/mol. The van der Waals surface area contributed by atoms with Gasteiger partial charge in [0.15, 0.2) is 0 Å². The highest BCUT2D eigenvalue weighted by Gasteiger charge is 2.48. The number of benzene rings is 9. The summed E-state index contributed by atoms with van der Waals surface area (Å²) < 4.78 is 71.5. The van der Waals surface area contributed by atoms with Crippen molar-refractivity contribution in [2.75, 3.05) is 81.0 Å². The SMILES string of the molecule is COC(=O)c1ccc(Oc2cc3c4c(cc(Oc5ccc(C(=O)OC)cc5)c5c6c(Oc7ccc(C(=O)OC)cc7)cc7c8c(cc(Oc9ccc(C(=O)OC)cc9)c(c2c45)c86)C(=O)N(C(CC(C)C)C(=O)N(CCC2CO2)CCC2CO2)C7=O)C(=O)N(C(CC(C)C)C(=O)N(CCC2CO2)CCC2CO2)C3=O)cc1. The molecular formula is C84H80N4O22. The average molecular weight is 1500 g/mol. The van der Waals surface area contributed by atoms with E-state index in [1.807, 2.05) is 27.7 Å². The van der Waals surface area contributed by atoms with Crippen LogP contribution in [0.2, 0.25) is 0 Å². The van der Waals surface area contributed by atoms with Gasteiger partial charge in [0.2, 0.25) is 11.8 Å². The van der Waals surface area contributed by atoms with Gasteiger partial charge >= 0.3 is 23.9 Å². The second-order valence-corrected chi connectivity index (χ2v) is 29.0. The van der Waals surface area contributed by atoms with Gasteiger partial charge in [0.1, 0.15) is 58.1 Å². The molecule has 568 valence electrons. The Labute approximate surface area is 631 Å². The first-order valence-corrected chi connectivity index (χ1v) is 36.7. The van der Waals surface area contributed by atoms with Crippen molar-refractivity contribution in [2.45, 2.75) is 103 Å². The number of amides is 6. The molecule has 0 aromatic heterocycles. The first-order valence-electron chi connectivity index (χ1n) is 36.7. The standard InChI is InChI=1S/C84H80N4O22/c1-43(2)33-61(79(93)85(29-25-53-39-103-53)30-26-54-40-104-54)87-75(89)57-35-63(107-49-17-9-45(10-18-49)81(95)99-5)69-71-65(109-51-21-13-47(14-22-51)83(97)101-7)37-59-68-60(78(92)88(77(59)91)62(34-44(3)4)80(94)86(31-27-55-41-105-55)32-28-56-42-106-56)38-66(110-52-23-15-48(16-24-52)84(98)102-8)72(74(68)71)70-64(36-58(76(87)90)67(57)73(69)70)108-50-19-11-46(12-20-50)82(96)100-6/h9-24,35-38,43-44,53-56,61-62H,25-34,39-42H2,1-8H3. The zero-order valence-electron chi connectivity index (χ0n) is 61.8. The van der Waals surface area contributed by atoms with E-state index in [0.29, 0.717) is 52.1 Å². The predicted octanol–water partition coefficient (Wildman–Crippen LogP) is 12.9. The lowest BCUT2D eigenvalue weighted by molar-refractivity contribution is -0.137. The van der Waals surface area contributed by atoms with E-state index in [1.54, 1.807) is 9.80 Å². The van der Waals surface area contributed by atoms with Crippen molar-refractivity contribution in [3.8, 4) is 46.0 Å². The summed E-state index contributed by atoms with van der Waals surface area (Å²) in [5.74, 6) is -7.72. The van der Waals surface area contributed by atoms with Crippen LogP contribution in [-0.4, -0.2) is 196 Å². The number of imide groups is 2. The van der Waals surface area contributed by atoms with Gasteiger partial charge in [-0.25, -0.2) is 19.2 Å². The molecule has 15 rings (SSSR count). The maximum Gasteiger partial charge on any atom is 0.337 e. The van der Waals surface area contributed by atoms with Crippen LogP contribution < -0.4 is 18.9 Å². The van der Waals surface area contributed by atoms with Crippen LogP contribution in [0.4, 0.5) is 0 Å². The normalized spacial score (nSPS) is 17.9. The molecule has 9 aromatic carbocycles. The molecule has 6 heterocycles. The highest BCUT2D eigenvalue weighted by atomic mass is 16.6. The van der Waals surface area contributed by atoms with Crippen LogP contribution >= 0.6 is 0 Å². The van der Waals surface area contributed by atoms with Gasteiger partial charge in [0.05, 0.1) is 124 Å². The summed E-state index contributed by atoms with van der Waals surface area (Å²) in [4.78, 5) is 156. The molecule has 9 aromatic rings. The van der Waals surface area contributed by atoms with Crippen LogP contribution in [0.3, 0.4) is 0 Å². The molecule has 0 radical (unpaired) electrons. The Balaban J connectivity index is 1.06. The van der Waals surface area contributed by atoms with E-state index in [-0.39, 0.29) is 209 Å². The van der Waals surface area contributed by atoms with Crippen LogP contribution in [0.5, 0.6) is 46.0 Å². The summed E-state index contributed by atoms with van der Waals surface area (Å²) in [7, 11) is 4.95. The van der Waals surface area contributed by atoms with Gasteiger partial charge < -0.3 is 66.6 Å². The van der Waals surface area contributed by atoms with E-state index in [1.165, 1.54) is 150 Å². The molecule has 26 nitrogen and oxygen atoms in total. The minimum Gasteiger partial charge on any atom is -0.465 e. The second-order valence-electron chi connectivity index (χ2n) is 29.0. The lowest BCUT2D eigenvalue weighted by Crippen LogP contribution is -2.55. The molecule has 110 heavy (non-hydrogen) atoms. The fourth-order valence-corrected chi connectivity index (χ4v) is 14.8. The number of carbonyl (C=O) groups is 10. The second kappa shape index (κ2) is 30.5. The van der Waals surface area contributed by atoms with Gasteiger partial charge in [0, 0.05) is 69.3 Å². The fourth-order valence-electron chi connectivity index (χ4n) is 14.8. The van der Waals surface area contributed by atoms with Crippen LogP contribution in [-0.2, 0) is 47.5 Å². The molecule has 6 aliphatic rings. The lowest BCUT2D eigenvalue weighted by Gasteiger charge is -2.38. The first-order chi connectivity index (χ1) is 53.1. The molecule has 0 saturated carbocycles. The first kappa shape index (κ1) is 73.9. The molecule has 6 aliphatic heterocycles. The van der Waals surface area contributed by atoms with Crippen LogP contribution in [0, 0.1) is 11.8 Å². The molecule has 4 saturated heterocycles. The Hall–Kier alpha value is -11.6. The summed E-state index contributed by atoms with van der Waals surface area (Å²) in [5.41, 5.74) is 0.119. The molecule has 0 N–H and O–H groups in total. The minimum absolute atomic E-state index is 0.0287. The van der Waals surface area contributed by atoms with E-state index in [2.05, 4.69) is 0 Å². The van der Waals surface area contributed by atoms with Gasteiger partial charge in [-0.3, -0.25) is 38.6 Å². The Bertz CT molecular complexity index is 4590. The fraction of sp³-hybridized carbons (Fsp3) is 0.357. The number of ether oxygens (including phenoxy) is 12. The third-order valence-corrected chi connectivity index (χ3v) is 20.7. The van der Waals surface area contributed by atoms with Gasteiger partial charge in [-0.1, -0.05) is 27.7 Å². The van der Waals surface area contributed by atoms with Crippen molar-refractivity contribution in [2.24, 2.45) is 11.8 Å². The highest BCUT2D eigenvalue weighted by molar-refractivity contribution is 6.45. The minimum atomic E-state index is -1.40. The molecule has 6 unspecified atom stereocenters. The quantitative estimate of drug-likeness (QED) is 0.00944. The van der Waals surface area contributed by atoms with Crippen molar-refractivity contribution in [1.82, 2.24) is 19.6 Å². The summed E-state index contributed by atoms with van der Waals surface area (Å²) in [6.07, 6.45) is 1.76. The number of hydrogen-bond acceptors (Lipinski definition) is 22. The number of carbonyl (C=O) groups excluding carboxylic acids is 10. The zero-order valence-corrected chi connectivity index (χ0v) is 61.8. The van der Waals surface area contributed by atoms with Gasteiger partial charge in [-0.15, -0.1) is 0 Å². The molecule has 4 fully saturated rings. The van der Waals surface area contributed by atoms with Crippen molar-refractivity contribution in [3.63, 3.8) is 0 Å². The Morgan fingerprint density at radius 2 is 0.573 bits per heavy atom. The number of nitrogens with zero attached hydrogens (tertiary/aromatic N) is 4. The highest BCUT2D eigenvalue weighted by Crippen LogP contribution is 2.58. The number of hydrogen-bond donors (Lipinski definition) is 0. The Morgan fingerprint density at radius 1 is 0.355 bits per heavy atom. The molecule has 0 spiro atoms. The number of methoxy groups -OCH3 is 4. The molecule has 6 amide bonds. The van der Waals surface area contributed by atoms with Gasteiger partial charge in [-0.2, -0.15) is 0 Å². The lowest BCUT2D eigenvalue weighted by atomic mass is 9.80. The number of epoxide rings is 4. The van der Waals surface area contributed by atoms with Crippen LogP contribution in [0.25, 0.3) is 43.1 Å². The predicted molar refractivity (Wildman–Crippen MR) is 397 cm³/mol. The maximum atomic E-state index is 16.6. The molecule has 0 bridgehead atoms. The maximum absolute atomic E-state index is 16.6. The Kier molecular flexibility index (Phi) is 20.5. The van der Waals surface area contributed by atoms with E-state index in [9.17, 15) is 19.2 Å². The van der Waals surface area contributed by atoms with Crippen molar-refractivity contribution in [3.05, 3.63) is 166 Å². The zero-order chi connectivity index (χ0) is 77.1. The van der Waals surface area contributed by atoms with Gasteiger partial charge in [-0.05, 0) is 172 Å². The average Bonchev–Trinajstić information content (AvgIpc) is 1.63. The van der Waals surface area contributed by atoms with Crippen molar-refractivity contribution in [1.29, 1.82) is 0 Å². The molecule has 26 heteroatoms. The van der Waals surface area contributed by atoms with E-state index in [0.717, 1.165) is 9.80 Å². The van der Waals surface area contributed by atoms with Crippen LogP contribution in [0.15, 0.2) is 121 Å². The van der Waals surface area contributed by atoms with E-state index < -0.39 is 71.4 Å². The number of rotatable bonds is 32. The Morgan fingerprint density at radius 3 is 0.764 bits per heavy atom.